The van der Waals surface area contributed by atoms with Gasteiger partial charge in [0, 0.05) is 24.6 Å². The van der Waals surface area contributed by atoms with Crippen molar-refractivity contribution in [1.82, 2.24) is 14.9 Å². The maximum Gasteiger partial charge on any atom is 0.410 e. The van der Waals surface area contributed by atoms with Crippen LogP contribution < -0.4 is 4.74 Å². The summed E-state index contributed by atoms with van der Waals surface area (Å²) in [5.41, 5.74) is 0.782. The minimum absolute atomic E-state index is 0.0417. The van der Waals surface area contributed by atoms with Crippen LogP contribution in [0.2, 0.25) is 0 Å². The van der Waals surface area contributed by atoms with Crippen LogP contribution in [-0.4, -0.2) is 69.7 Å². The Hall–Kier alpha value is -1.97. The molecule has 0 spiro atoms. The first-order valence-corrected chi connectivity index (χ1v) is 14.2. The molecule has 1 amide bonds. The fraction of sp³-hybridized carbons (Fsp3) is 0.741. The highest BCUT2D eigenvalue weighted by atomic mass is 32.1. The summed E-state index contributed by atoms with van der Waals surface area (Å²) in [5, 5.41) is 11.9. The molecule has 198 valence electrons. The molecule has 2 aliphatic carbocycles. The Balaban J connectivity index is 1.26. The van der Waals surface area contributed by atoms with Crippen LogP contribution in [0.3, 0.4) is 0 Å². The van der Waals surface area contributed by atoms with Gasteiger partial charge in [-0.1, -0.05) is 0 Å². The first-order valence-electron chi connectivity index (χ1n) is 13.4. The average Bonchev–Trinajstić information content (AvgIpc) is 3.56. The van der Waals surface area contributed by atoms with Gasteiger partial charge >= 0.3 is 6.09 Å². The van der Waals surface area contributed by atoms with Gasteiger partial charge in [0.1, 0.15) is 22.9 Å². The van der Waals surface area contributed by atoms with Gasteiger partial charge in [0.25, 0.3) is 0 Å². The normalized spacial score (nSPS) is 27.1. The Morgan fingerprint density at radius 3 is 2.69 bits per heavy atom. The summed E-state index contributed by atoms with van der Waals surface area (Å²) < 4.78 is 17.8. The third-order valence-corrected chi connectivity index (χ3v) is 8.94. The first kappa shape index (κ1) is 25.7. The molecule has 8 nitrogen and oxygen atoms in total. The number of ether oxygens (including phenoxy) is 3. The number of fused-ring (bicyclic) bond motifs is 3. The zero-order valence-electron chi connectivity index (χ0n) is 21.9. The number of aryl methyl sites for hydroxylation is 1. The molecular formula is C27H39N3O5S. The molecule has 1 aliphatic heterocycles. The third kappa shape index (κ3) is 5.48. The molecule has 2 aromatic heterocycles. The van der Waals surface area contributed by atoms with E-state index in [0.29, 0.717) is 12.3 Å². The largest absolute Gasteiger partial charge is 0.474 e. The SMILES string of the molecule is CN(C(=O)OC(C)(C)C)C1CCC(Oc2ncnc3sc4c(c23)[C@@H](CC(O)C2CCCO2)CC4)CC1. The molecule has 3 heterocycles. The molecule has 2 unspecified atom stereocenters. The van der Waals surface area contributed by atoms with Crippen LogP contribution in [0, 0.1) is 0 Å². The lowest BCUT2D eigenvalue weighted by atomic mass is 9.91. The van der Waals surface area contributed by atoms with E-state index in [-0.39, 0.29) is 30.3 Å². The summed E-state index contributed by atoms with van der Waals surface area (Å²) in [6.45, 7) is 6.42. The van der Waals surface area contributed by atoms with Crippen LogP contribution in [-0.2, 0) is 15.9 Å². The van der Waals surface area contributed by atoms with Crippen molar-refractivity contribution in [3.63, 3.8) is 0 Å². The molecule has 1 N–H and O–H groups in total. The minimum atomic E-state index is -0.497. The van der Waals surface area contributed by atoms with Crippen molar-refractivity contribution in [3.05, 3.63) is 16.8 Å². The van der Waals surface area contributed by atoms with E-state index >= 15 is 0 Å². The summed E-state index contributed by atoms with van der Waals surface area (Å²) in [6, 6.07) is 0.152. The molecule has 1 saturated heterocycles. The Kier molecular flexibility index (Phi) is 7.43. The van der Waals surface area contributed by atoms with E-state index in [1.165, 1.54) is 10.4 Å². The molecule has 9 heteroatoms. The maximum atomic E-state index is 12.5. The van der Waals surface area contributed by atoms with Crippen LogP contribution in [0.25, 0.3) is 10.2 Å². The number of amides is 1. The van der Waals surface area contributed by atoms with Crippen molar-refractivity contribution in [1.29, 1.82) is 0 Å². The predicted octanol–water partition coefficient (Wildman–Crippen LogP) is 5.21. The van der Waals surface area contributed by atoms with E-state index in [1.807, 2.05) is 27.8 Å². The topological polar surface area (TPSA) is 94.0 Å². The summed E-state index contributed by atoms with van der Waals surface area (Å²) in [5.74, 6) is 0.944. The zero-order valence-corrected chi connectivity index (χ0v) is 22.7. The van der Waals surface area contributed by atoms with E-state index in [2.05, 4.69) is 9.97 Å². The van der Waals surface area contributed by atoms with Crippen LogP contribution in [0.4, 0.5) is 4.79 Å². The Labute approximate surface area is 217 Å². The summed E-state index contributed by atoms with van der Waals surface area (Å²) in [6.07, 6.45) is 9.08. The van der Waals surface area contributed by atoms with Crippen LogP contribution in [0.1, 0.15) is 88.5 Å². The molecule has 3 aliphatic rings. The Morgan fingerprint density at radius 1 is 1.22 bits per heavy atom. The van der Waals surface area contributed by atoms with Gasteiger partial charge in [0.05, 0.1) is 17.6 Å². The highest BCUT2D eigenvalue weighted by Crippen LogP contribution is 2.48. The van der Waals surface area contributed by atoms with E-state index in [1.54, 1.807) is 22.6 Å². The van der Waals surface area contributed by atoms with Crippen LogP contribution >= 0.6 is 11.3 Å². The van der Waals surface area contributed by atoms with Crippen molar-refractivity contribution in [2.24, 2.45) is 0 Å². The molecule has 0 bridgehead atoms. The van der Waals surface area contributed by atoms with Gasteiger partial charge in [-0.25, -0.2) is 14.8 Å². The van der Waals surface area contributed by atoms with Crippen molar-refractivity contribution in [3.8, 4) is 5.88 Å². The Morgan fingerprint density at radius 2 is 2.00 bits per heavy atom. The molecule has 0 radical (unpaired) electrons. The zero-order chi connectivity index (χ0) is 25.4. The van der Waals surface area contributed by atoms with Crippen LogP contribution in [0.5, 0.6) is 5.88 Å². The maximum absolute atomic E-state index is 12.5. The third-order valence-electron chi connectivity index (χ3n) is 7.77. The van der Waals surface area contributed by atoms with Gasteiger partial charge in [-0.15, -0.1) is 11.3 Å². The predicted molar refractivity (Wildman–Crippen MR) is 139 cm³/mol. The number of carbonyl (C=O) groups is 1. The number of aliphatic hydroxyl groups excluding tert-OH is 1. The lowest BCUT2D eigenvalue weighted by molar-refractivity contribution is -0.00850. The molecule has 1 saturated carbocycles. The summed E-state index contributed by atoms with van der Waals surface area (Å²) >= 11 is 1.74. The number of nitrogens with zero attached hydrogens (tertiary/aromatic N) is 3. The van der Waals surface area contributed by atoms with E-state index in [4.69, 9.17) is 14.2 Å². The number of hydrogen-bond donors (Lipinski definition) is 1. The van der Waals surface area contributed by atoms with Crippen molar-refractivity contribution < 1.29 is 24.1 Å². The second kappa shape index (κ2) is 10.4. The van der Waals surface area contributed by atoms with E-state index < -0.39 is 11.7 Å². The van der Waals surface area contributed by atoms with Gasteiger partial charge in [-0.2, -0.15) is 0 Å². The number of thiophene rings is 1. The number of aromatic nitrogens is 2. The average molecular weight is 518 g/mol. The van der Waals surface area contributed by atoms with Crippen molar-refractivity contribution in [2.75, 3.05) is 13.7 Å². The Bertz CT molecular complexity index is 1070. The van der Waals surface area contributed by atoms with Gasteiger partial charge in [-0.05, 0) is 90.0 Å². The summed E-state index contributed by atoms with van der Waals surface area (Å²) in [4.78, 5) is 25.7. The van der Waals surface area contributed by atoms with E-state index in [9.17, 15) is 9.90 Å². The second-order valence-electron chi connectivity index (χ2n) is 11.5. The molecule has 5 rings (SSSR count). The molecule has 2 aromatic rings. The summed E-state index contributed by atoms with van der Waals surface area (Å²) in [7, 11) is 1.83. The van der Waals surface area contributed by atoms with Gasteiger partial charge in [0.2, 0.25) is 5.88 Å². The lowest BCUT2D eigenvalue weighted by Crippen LogP contribution is -2.43. The van der Waals surface area contributed by atoms with Crippen molar-refractivity contribution in [2.45, 2.75) is 114 Å². The van der Waals surface area contributed by atoms with E-state index in [0.717, 1.165) is 68.2 Å². The molecule has 2 fully saturated rings. The fourth-order valence-electron chi connectivity index (χ4n) is 5.91. The minimum Gasteiger partial charge on any atom is -0.474 e. The van der Waals surface area contributed by atoms with Gasteiger partial charge in [-0.3, -0.25) is 0 Å². The number of rotatable bonds is 6. The molecule has 36 heavy (non-hydrogen) atoms. The highest BCUT2D eigenvalue weighted by Gasteiger charge is 2.35. The molecule has 0 aromatic carbocycles. The fourth-order valence-corrected chi connectivity index (χ4v) is 7.14. The van der Waals surface area contributed by atoms with Crippen LogP contribution in [0.15, 0.2) is 6.33 Å². The first-order chi connectivity index (χ1) is 17.2. The molecule has 3 atom stereocenters. The number of hydrogen-bond acceptors (Lipinski definition) is 8. The quantitative estimate of drug-likeness (QED) is 0.562. The number of carbonyl (C=O) groups excluding carboxylic acids is 1. The van der Waals surface area contributed by atoms with Gasteiger partial charge in [0.15, 0.2) is 0 Å². The van der Waals surface area contributed by atoms with Crippen molar-refractivity contribution >= 4 is 27.6 Å². The van der Waals surface area contributed by atoms with Gasteiger partial charge < -0.3 is 24.2 Å². The highest BCUT2D eigenvalue weighted by molar-refractivity contribution is 7.19. The second-order valence-corrected chi connectivity index (χ2v) is 12.6. The molecular weight excluding hydrogens is 478 g/mol. The lowest BCUT2D eigenvalue weighted by Gasteiger charge is -2.35. The smallest absolute Gasteiger partial charge is 0.410 e. The number of aliphatic hydroxyl groups is 1. The standard InChI is InChI=1S/C27H39N3O5S/c1-27(2,3)35-26(32)30(4)17-8-10-18(11-9-17)34-24-23-22-16(14-19(31)20-6-5-13-33-20)7-12-21(22)36-25(23)29-15-28-24/h15-20,31H,5-14H2,1-4H3/t16-,17?,18?,19?,20?/m1/s1. The monoisotopic (exact) mass is 517 g/mol.